The van der Waals surface area contributed by atoms with Crippen molar-refractivity contribution in [3.63, 3.8) is 0 Å². The van der Waals surface area contributed by atoms with Gasteiger partial charge in [0.05, 0.1) is 6.10 Å². The Labute approximate surface area is 201 Å². The average molecular weight is 468 g/mol. The number of piperidine rings is 1. The molecular formula is C28H41NO3Si. The van der Waals surface area contributed by atoms with Gasteiger partial charge >= 0.3 is 0 Å². The molecule has 1 fully saturated rings. The standard InChI is InChI=1S/C28H41NO3Si/c1-26(2,3)33(23-15-11-9-12-16-23,24-17-13-10-14-18-24)32-22-19-27(4,5)29(25(30)21-31-8)28(6,7)20-22/h9-18,22H,19-21H2,1-8H3. The monoisotopic (exact) mass is 467 g/mol. The van der Waals surface area contributed by atoms with Gasteiger partial charge < -0.3 is 14.1 Å². The van der Waals surface area contributed by atoms with E-state index < -0.39 is 8.32 Å². The molecule has 1 aliphatic heterocycles. The Bertz CT molecular complexity index is 877. The highest BCUT2D eigenvalue weighted by Gasteiger charge is 2.55. The third kappa shape index (κ3) is 4.96. The van der Waals surface area contributed by atoms with Gasteiger partial charge in [-0.1, -0.05) is 81.4 Å². The third-order valence-corrected chi connectivity index (χ3v) is 12.0. The predicted molar refractivity (Wildman–Crippen MR) is 139 cm³/mol. The van der Waals surface area contributed by atoms with Gasteiger partial charge in [-0.05, 0) is 55.9 Å². The summed E-state index contributed by atoms with van der Waals surface area (Å²) in [7, 11) is -1.07. The van der Waals surface area contributed by atoms with Crippen LogP contribution in [0.4, 0.5) is 0 Å². The van der Waals surface area contributed by atoms with Crippen LogP contribution in [-0.2, 0) is 14.0 Å². The molecule has 0 saturated carbocycles. The molecule has 1 aliphatic rings. The van der Waals surface area contributed by atoms with Crippen molar-refractivity contribution in [2.75, 3.05) is 13.7 Å². The van der Waals surface area contributed by atoms with Gasteiger partial charge in [0.2, 0.25) is 5.91 Å². The van der Waals surface area contributed by atoms with E-state index in [4.69, 9.17) is 9.16 Å². The minimum atomic E-state index is -2.65. The number of methoxy groups -OCH3 is 1. The van der Waals surface area contributed by atoms with Gasteiger partial charge in [0, 0.05) is 18.2 Å². The number of hydrogen-bond donors (Lipinski definition) is 0. The number of hydrogen-bond acceptors (Lipinski definition) is 3. The van der Waals surface area contributed by atoms with Gasteiger partial charge in [0.15, 0.2) is 0 Å². The topological polar surface area (TPSA) is 38.8 Å². The smallest absolute Gasteiger partial charge is 0.261 e. The summed E-state index contributed by atoms with van der Waals surface area (Å²) < 4.78 is 12.6. The minimum absolute atomic E-state index is 0.0351. The number of nitrogens with zero attached hydrogens (tertiary/aromatic N) is 1. The van der Waals surface area contributed by atoms with Crippen LogP contribution in [0.3, 0.4) is 0 Å². The lowest BCUT2D eigenvalue weighted by molar-refractivity contribution is -0.158. The number of ether oxygens (including phenoxy) is 1. The maximum absolute atomic E-state index is 13.0. The van der Waals surface area contributed by atoms with Crippen LogP contribution in [0.15, 0.2) is 60.7 Å². The Kier molecular flexibility index (Phi) is 7.28. The molecule has 1 heterocycles. The molecule has 0 bridgehead atoms. The normalized spacial score (nSPS) is 18.8. The van der Waals surface area contributed by atoms with E-state index >= 15 is 0 Å². The van der Waals surface area contributed by atoms with Crippen LogP contribution >= 0.6 is 0 Å². The molecule has 0 unspecified atom stereocenters. The van der Waals surface area contributed by atoms with Crippen LogP contribution in [0.2, 0.25) is 5.04 Å². The summed E-state index contributed by atoms with van der Waals surface area (Å²) in [5, 5.41) is 2.50. The molecule has 0 aromatic heterocycles. The maximum atomic E-state index is 13.0. The highest BCUT2D eigenvalue weighted by molar-refractivity contribution is 6.99. The van der Waals surface area contributed by atoms with Crippen LogP contribution in [-0.4, -0.2) is 50.0 Å². The zero-order valence-electron chi connectivity index (χ0n) is 21.6. The average Bonchev–Trinajstić information content (AvgIpc) is 2.70. The highest BCUT2D eigenvalue weighted by Crippen LogP contribution is 2.44. The number of amides is 1. The lowest BCUT2D eigenvalue weighted by atomic mass is 9.78. The number of benzene rings is 2. The Morgan fingerprint density at radius 2 is 1.33 bits per heavy atom. The van der Waals surface area contributed by atoms with Crippen molar-refractivity contribution in [2.45, 2.75) is 83.5 Å². The number of likely N-dealkylation sites (tertiary alicyclic amines) is 1. The Balaban J connectivity index is 2.09. The van der Waals surface area contributed by atoms with E-state index in [-0.39, 0.29) is 34.7 Å². The van der Waals surface area contributed by atoms with Crippen molar-refractivity contribution >= 4 is 24.6 Å². The molecule has 0 spiro atoms. The fraction of sp³-hybridized carbons (Fsp3) is 0.536. The van der Waals surface area contributed by atoms with E-state index in [1.807, 2.05) is 4.90 Å². The van der Waals surface area contributed by atoms with E-state index in [1.54, 1.807) is 7.11 Å². The summed E-state index contributed by atoms with van der Waals surface area (Å²) in [4.78, 5) is 15.0. The van der Waals surface area contributed by atoms with Crippen LogP contribution in [0.25, 0.3) is 0 Å². The Hall–Kier alpha value is -1.95. The second-order valence-electron chi connectivity index (χ2n) is 11.6. The molecule has 0 atom stereocenters. The van der Waals surface area contributed by atoms with Crippen molar-refractivity contribution in [2.24, 2.45) is 0 Å². The van der Waals surface area contributed by atoms with E-state index in [0.29, 0.717) is 0 Å². The molecule has 0 aliphatic carbocycles. The maximum Gasteiger partial charge on any atom is 0.261 e. The molecule has 2 aromatic rings. The van der Waals surface area contributed by atoms with E-state index in [1.165, 1.54) is 10.4 Å². The molecule has 1 saturated heterocycles. The summed E-state index contributed by atoms with van der Waals surface area (Å²) in [6.07, 6.45) is 1.61. The SMILES string of the molecule is COCC(=O)N1C(C)(C)CC(O[Si](c2ccccc2)(c2ccccc2)C(C)(C)C)CC1(C)C. The first-order chi connectivity index (χ1) is 15.3. The van der Waals surface area contributed by atoms with E-state index in [0.717, 1.165) is 12.8 Å². The molecule has 1 amide bonds. The molecule has 0 radical (unpaired) electrons. The van der Waals surface area contributed by atoms with Gasteiger partial charge in [0.1, 0.15) is 6.61 Å². The number of carbonyl (C=O) groups excluding carboxylic acids is 1. The second kappa shape index (κ2) is 9.36. The van der Waals surface area contributed by atoms with Crippen molar-refractivity contribution in [3.05, 3.63) is 60.7 Å². The molecule has 33 heavy (non-hydrogen) atoms. The van der Waals surface area contributed by atoms with Crippen LogP contribution < -0.4 is 10.4 Å². The number of carbonyl (C=O) groups is 1. The zero-order valence-corrected chi connectivity index (χ0v) is 22.6. The highest BCUT2D eigenvalue weighted by atomic mass is 28.4. The first kappa shape index (κ1) is 25.7. The number of rotatable bonds is 6. The minimum Gasteiger partial charge on any atom is -0.404 e. The van der Waals surface area contributed by atoms with E-state index in [9.17, 15) is 4.79 Å². The van der Waals surface area contributed by atoms with Gasteiger partial charge in [-0.15, -0.1) is 0 Å². The van der Waals surface area contributed by atoms with Crippen molar-refractivity contribution < 1.29 is 14.0 Å². The third-order valence-electron chi connectivity index (χ3n) is 6.94. The molecule has 5 heteroatoms. The molecular weight excluding hydrogens is 426 g/mol. The summed E-state index contributed by atoms with van der Waals surface area (Å²) in [5.41, 5.74) is -0.680. The summed E-state index contributed by atoms with van der Waals surface area (Å²) >= 11 is 0. The Morgan fingerprint density at radius 1 is 0.909 bits per heavy atom. The van der Waals surface area contributed by atoms with Crippen LogP contribution in [0.1, 0.15) is 61.3 Å². The van der Waals surface area contributed by atoms with Gasteiger partial charge in [-0.2, -0.15) is 0 Å². The molecule has 180 valence electrons. The van der Waals surface area contributed by atoms with Gasteiger partial charge in [0.25, 0.3) is 8.32 Å². The van der Waals surface area contributed by atoms with Crippen LogP contribution in [0, 0.1) is 0 Å². The molecule has 0 N–H and O–H groups in total. The van der Waals surface area contributed by atoms with Crippen LogP contribution in [0.5, 0.6) is 0 Å². The lowest BCUT2D eigenvalue weighted by Gasteiger charge is -2.57. The molecule has 2 aromatic carbocycles. The zero-order chi connectivity index (χ0) is 24.5. The predicted octanol–water partition coefficient (Wildman–Crippen LogP) is 4.76. The van der Waals surface area contributed by atoms with Gasteiger partial charge in [-0.3, -0.25) is 4.79 Å². The first-order valence-electron chi connectivity index (χ1n) is 12.0. The van der Waals surface area contributed by atoms with E-state index in [2.05, 4.69) is 109 Å². The summed E-state index contributed by atoms with van der Waals surface area (Å²) in [5.74, 6) is 0.0383. The summed E-state index contributed by atoms with van der Waals surface area (Å²) in [6, 6.07) is 21.6. The molecule has 4 nitrogen and oxygen atoms in total. The largest absolute Gasteiger partial charge is 0.404 e. The van der Waals surface area contributed by atoms with Crippen molar-refractivity contribution in [1.82, 2.24) is 4.90 Å². The second-order valence-corrected chi connectivity index (χ2v) is 15.9. The van der Waals surface area contributed by atoms with Gasteiger partial charge in [-0.25, -0.2) is 0 Å². The molecule has 3 rings (SSSR count). The quantitative estimate of drug-likeness (QED) is 0.575. The Morgan fingerprint density at radius 3 is 1.70 bits per heavy atom. The van der Waals surface area contributed by atoms with Crippen molar-refractivity contribution in [3.8, 4) is 0 Å². The van der Waals surface area contributed by atoms with Crippen molar-refractivity contribution in [1.29, 1.82) is 0 Å². The fourth-order valence-electron chi connectivity index (χ4n) is 6.08. The summed E-state index contributed by atoms with van der Waals surface area (Å²) in [6.45, 7) is 15.7. The fourth-order valence-corrected chi connectivity index (χ4v) is 10.8. The first-order valence-corrected chi connectivity index (χ1v) is 13.9. The lowest BCUT2D eigenvalue weighted by Crippen LogP contribution is -2.71.